The van der Waals surface area contributed by atoms with Gasteiger partial charge in [-0.3, -0.25) is 0 Å². The third-order valence-electron chi connectivity index (χ3n) is 3.13. The van der Waals surface area contributed by atoms with E-state index in [9.17, 15) is 0 Å². The molecule has 0 aliphatic carbocycles. The first-order valence-electron chi connectivity index (χ1n) is 6.09. The molecule has 2 atom stereocenters. The SMILES string of the molecule is CCCC(C)C(CNC)c1cccc(Br)c1. The molecule has 0 aliphatic rings. The van der Waals surface area contributed by atoms with Crippen LogP contribution in [0.1, 0.15) is 38.2 Å². The fourth-order valence-corrected chi connectivity index (χ4v) is 2.68. The Balaban J connectivity index is 2.83. The Morgan fingerprint density at radius 2 is 2.12 bits per heavy atom. The normalized spacial score (nSPS) is 14.8. The third-order valence-corrected chi connectivity index (χ3v) is 3.63. The van der Waals surface area contributed by atoms with Gasteiger partial charge in [0.05, 0.1) is 0 Å². The summed E-state index contributed by atoms with van der Waals surface area (Å²) in [5, 5.41) is 3.31. The first-order chi connectivity index (χ1) is 7.69. The quantitative estimate of drug-likeness (QED) is 0.826. The first kappa shape index (κ1) is 13.7. The number of halogens is 1. The molecular weight excluding hydrogens is 262 g/mol. The highest BCUT2D eigenvalue weighted by molar-refractivity contribution is 9.10. The van der Waals surface area contributed by atoms with Crippen molar-refractivity contribution in [1.82, 2.24) is 5.32 Å². The lowest BCUT2D eigenvalue weighted by molar-refractivity contribution is 0.413. The van der Waals surface area contributed by atoms with Crippen LogP contribution in [0.3, 0.4) is 0 Å². The number of hydrogen-bond donors (Lipinski definition) is 1. The lowest BCUT2D eigenvalue weighted by Gasteiger charge is -2.24. The summed E-state index contributed by atoms with van der Waals surface area (Å²) in [5.41, 5.74) is 1.43. The summed E-state index contributed by atoms with van der Waals surface area (Å²) >= 11 is 3.55. The second-order valence-corrected chi connectivity index (χ2v) is 5.40. The lowest BCUT2D eigenvalue weighted by Crippen LogP contribution is -2.22. The Bertz CT molecular complexity index is 311. The van der Waals surface area contributed by atoms with E-state index in [-0.39, 0.29) is 0 Å². The summed E-state index contributed by atoms with van der Waals surface area (Å²) < 4.78 is 1.18. The van der Waals surface area contributed by atoms with E-state index in [0.29, 0.717) is 5.92 Å². The maximum absolute atomic E-state index is 3.55. The molecule has 0 radical (unpaired) electrons. The summed E-state index contributed by atoms with van der Waals surface area (Å²) in [4.78, 5) is 0. The number of benzene rings is 1. The minimum absolute atomic E-state index is 0.613. The molecule has 16 heavy (non-hydrogen) atoms. The minimum Gasteiger partial charge on any atom is -0.319 e. The molecule has 0 heterocycles. The van der Waals surface area contributed by atoms with Gasteiger partial charge in [0, 0.05) is 11.0 Å². The molecule has 0 spiro atoms. The van der Waals surface area contributed by atoms with Crippen molar-refractivity contribution < 1.29 is 0 Å². The number of rotatable bonds is 6. The van der Waals surface area contributed by atoms with Crippen molar-refractivity contribution in [2.45, 2.75) is 32.6 Å². The monoisotopic (exact) mass is 283 g/mol. The summed E-state index contributed by atoms with van der Waals surface area (Å²) in [6.45, 7) is 5.66. The van der Waals surface area contributed by atoms with Crippen molar-refractivity contribution in [3.8, 4) is 0 Å². The highest BCUT2D eigenvalue weighted by Crippen LogP contribution is 2.29. The van der Waals surface area contributed by atoms with Crippen LogP contribution in [0.4, 0.5) is 0 Å². The van der Waals surface area contributed by atoms with E-state index >= 15 is 0 Å². The van der Waals surface area contributed by atoms with Gasteiger partial charge < -0.3 is 5.32 Å². The van der Waals surface area contributed by atoms with E-state index in [0.717, 1.165) is 12.5 Å². The number of likely N-dealkylation sites (N-methyl/N-ethyl adjacent to an activating group) is 1. The number of nitrogens with one attached hydrogen (secondary N) is 1. The fraction of sp³-hybridized carbons (Fsp3) is 0.571. The average Bonchev–Trinajstić information content (AvgIpc) is 2.26. The largest absolute Gasteiger partial charge is 0.319 e. The van der Waals surface area contributed by atoms with Gasteiger partial charge in [0.2, 0.25) is 0 Å². The van der Waals surface area contributed by atoms with Crippen LogP contribution in [0.5, 0.6) is 0 Å². The van der Waals surface area contributed by atoms with Gasteiger partial charge in [-0.05, 0) is 36.6 Å². The average molecular weight is 284 g/mol. The van der Waals surface area contributed by atoms with Crippen LogP contribution >= 0.6 is 15.9 Å². The highest BCUT2D eigenvalue weighted by Gasteiger charge is 2.17. The molecule has 0 fully saturated rings. The van der Waals surface area contributed by atoms with Crippen molar-refractivity contribution >= 4 is 15.9 Å². The molecule has 1 nitrogen and oxygen atoms in total. The molecule has 0 bridgehead atoms. The molecule has 0 amide bonds. The van der Waals surface area contributed by atoms with Gasteiger partial charge in [0.1, 0.15) is 0 Å². The van der Waals surface area contributed by atoms with Gasteiger partial charge in [-0.15, -0.1) is 0 Å². The summed E-state index contributed by atoms with van der Waals surface area (Å²) in [6, 6.07) is 8.69. The zero-order valence-corrected chi connectivity index (χ0v) is 12.0. The predicted octanol–water partition coefficient (Wildman–Crippen LogP) is 4.19. The van der Waals surface area contributed by atoms with Crippen molar-refractivity contribution in [2.24, 2.45) is 5.92 Å². The van der Waals surface area contributed by atoms with E-state index in [1.54, 1.807) is 0 Å². The highest BCUT2D eigenvalue weighted by atomic mass is 79.9. The van der Waals surface area contributed by atoms with Crippen molar-refractivity contribution in [2.75, 3.05) is 13.6 Å². The van der Waals surface area contributed by atoms with E-state index in [4.69, 9.17) is 0 Å². The van der Waals surface area contributed by atoms with E-state index in [1.807, 2.05) is 7.05 Å². The predicted molar refractivity (Wildman–Crippen MR) is 74.9 cm³/mol. The molecule has 0 saturated carbocycles. The van der Waals surface area contributed by atoms with Crippen molar-refractivity contribution in [3.05, 3.63) is 34.3 Å². The Morgan fingerprint density at radius 1 is 1.38 bits per heavy atom. The molecule has 0 aliphatic heterocycles. The number of hydrogen-bond acceptors (Lipinski definition) is 1. The zero-order valence-electron chi connectivity index (χ0n) is 10.5. The Kier molecular flexibility index (Phi) is 6.07. The Labute approximate surface area is 108 Å². The molecule has 90 valence electrons. The molecule has 1 rings (SSSR count). The molecule has 1 N–H and O–H groups in total. The van der Waals surface area contributed by atoms with Crippen molar-refractivity contribution in [3.63, 3.8) is 0 Å². The van der Waals surface area contributed by atoms with Gasteiger partial charge in [-0.2, -0.15) is 0 Å². The van der Waals surface area contributed by atoms with Gasteiger partial charge in [-0.1, -0.05) is 54.8 Å². The van der Waals surface area contributed by atoms with E-state index in [2.05, 4.69) is 59.4 Å². The summed E-state index contributed by atoms with van der Waals surface area (Å²) in [6.07, 6.45) is 2.55. The Morgan fingerprint density at radius 3 is 2.69 bits per heavy atom. The summed E-state index contributed by atoms with van der Waals surface area (Å²) in [7, 11) is 2.03. The standard InChI is InChI=1S/C14H22BrN/c1-4-6-11(2)14(10-16-3)12-7-5-8-13(15)9-12/h5,7-9,11,14,16H,4,6,10H2,1-3H3. The maximum atomic E-state index is 3.55. The van der Waals surface area contributed by atoms with Crippen LogP contribution in [0.25, 0.3) is 0 Å². The van der Waals surface area contributed by atoms with Crippen LogP contribution in [-0.4, -0.2) is 13.6 Å². The van der Waals surface area contributed by atoms with E-state index < -0.39 is 0 Å². The topological polar surface area (TPSA) is 12.0 Å². The second-order valence-electron chi connectivity index (χ2n) is 4.49. The van der Waals surface area contributed by atoms with Gasteiger partial charge >= 0.3 is 0 Å². The smallest absolute Gasteiger partial charge is 0.0178 e. The Hall–Kier alpha value is -0.340. The third kappa shape index (κ3) is 3.91. The molecule has 2 unspecified atom stereocenters. The van der Waals surface area contributed by atoms with Crippen LogP contribution in [0.2, 0.25) is 0 Å². The van der Waals surface area contributed by atoms with Gasteiger partial charge in [-0.25, -0.2) is 0 Å². The first-order valence-corrected chi connectivity index (χ1v) is 6.88. The molecule has 0 aromatic heterocycles. The van der Waals surface area contributed by atoms with Gasteiger partial charge in [0.25, 0.3) is 0 Å². The van der Waals surface area contributed by atoms with Crippen LogP contribution in [0, 0.1) is 5.92 Å². The molecule has 1 aromatic rings. The molecular formula is C14H22BrN. The molecule has 1 aromatic carbocycles. The van der Waals surface area contributed by atoms with Crippen LogP contribution in [0.15, 0.2) is 28.7 Å². The minimum atomic E-state index is 0.613. The van der Waals surface area contributed by atoms with Crippen LogP contribution < -0.4 is 5.32 Å². The fourth-order valence-electron chi connectivity index (χ4n) is 2.26. The maximum Gasteiger partial charge on any atom is 0.0178 e. The summed E-state index contributed by atoms with van der Waals surface area (Å²) in [5.74, 6) is 1.34. The second kappa shape index (κ2) is 7.08. The van der Waals surface area contributed by atoms with Crippen molar-refractivity contribution in [1.29, 1.82) is 0 Å². The van der Waals surface area contributed by atoms with Gasteiger partial charge in [0.15, 0.2) is 0 Å². The molecule has 2 heteroatoms. The lowest BCUT2D eigenvalue weighted by atomic mass is 9.84. The molecule has 0 saturated heterocycles. The zero-order chi connectivity index (χ0) is 12.0. The van der Waals surface area contributed by atoms with Crippen LogP contribution in [-0.2, 0) is 0 Å². The van der Waals surface area contributed by atoms with E-state index in [1.165, 1.54) is 22.9 Å².